The summed E-state index contributed by atoms with van der Waals surface area (Å²) in [7, 11) is 1.55. The Morgan fingerprint density at radius 2 is 1.61 bits per heavy atom. The molecular formula is C19H15BrN4O4. The number of carbonyl (C=O) groups is 3. The molecule has 8 nitrogen and oxygen atoms in total. The third kappa shape index (κ3) is 2.58. The number of methoxy groups -OCH3 is 1. The smallest absolute Gasteiger partial charge is 0.328 e. The highest BCUT2D eigenvalue weighted by Gasteiger charge is 2.64. The van der Waals surface area contributed by atoms with E-state index in [1.54, 1.807) is 36.4 Å². The summed E-state index contributed by atoms with van der Waals surface area (Å²) >= 11 is 3.31. The summed E-state index contributed by atoms with van der Waals surface area (Å²) in [6.45, 7) is 0. The first-order valence-electron chi connectivity index (χ1n) is 8.38. The first kappa shape index (κ1) is 18.2. The Bertz CT molecular complexity index is 971. The van der Waals surface area contributed by atoms with Crippen molar-refractivity contribution < 1.29 is 19.1 Å². The highest BCUT2D eigenvalue weighted by Crippen LogP contribution is 2.50. The summed E-state index contributed by atoms with van der Waals surface area (Å²) in [6, 6.07) is 14.5. The minimum atomic E-state index is -1.75. The molecule has 0 radical (unpaired) electrons. The topological polar surface area (TPSA) is 100 Å². The molecule has 4 rings (SSSR count). The Kier molecular flexibility index (Phi) is 4.38. The number of nitrogens with one attached hydrogen (secondary N) is 2. The van der Waals surface area contributed by atoms with Crippen molar-refractivity contribution in [1.82, 2.24) is 10.6 Å². The van der Waals surface area contributed by atoms with E-state index in [0.29, 0.717) is 17.0 Å². The molecule has 28 heavy (non-hydrogen) atoms. The monoisotopic (exact) mass is 442 g/mol. The van der Waals surface area contributed by atoms with Gasteiger partial charge in [0.15, 0.2) is 0 Å². The van der Waals surface area contributed by atoms with Crippen molar-refractivity contribution in [2.24, 2.45) is 10.5 Å². The second-order valence-electron chi connectivity index (χ2n) is 6.29. The Morgan fingerprint density at radius 3 is 2.18 bits per heavy atom. The lowest BCUT2D eigenvalue weighted by Crippen LogP contribution is -2.66. The molecule has 1 fully saturated rings. The molecule has 2 aromatic rings. The number of benzene rings is 2. The lowest BCUT2D eigenvalue weighted by atomic mass is 9.75. The number of imide groups is 2. The molecule has 1 unspecified atom stereocenters. The first-order chi connectivity index (χ1) is 13.5. The number of halogens is 1. The summed E-state index contributed by atoms with van der Waals surface area (Å²) < 4.78 is 5.32. The molecule has 1 saturated heterocycles. The number of carbonyl (C=O) groups excluding carboxylic acids is 3. The maximum absolute atomic E-state index is 13.0. The number of hydrogen-bond acceptors (Lipinski definition) is 6. The van der Waals surface area contributed by atoms with E-state index in [4.69, 9.17) is 4.74 Å². The number of hydrazone groups is 1. The molecule has 1 atom stereocenters. The predicted molar refractivity (Wildman–Crippen MR) is 105 cm³/mol. The quantitative estimate of drug-likeness (QED) is 0.710. The molecule has 2 heterocycles. The molecule has 9 heteroatoms. The molecule has 2 aliphatic heterocycles. The average molecular weight is 443 g/mol. The Labute approximate surface area is 168 Å². The van der Waals surface area contributed by atoms with E-state index in [9.17, 15) is 14.4 Å². The average Bonchev–Trinajstić information content (AvgIpc) is 3.01. The highest BCUT2D eigenvalue weighted by atomic mass is 79.9. The van der Waals surface area contributed by atoms with Crippen LogP contribution in [0.1, 0.15) is 11.6 Å². The van der Waals surface area contributed by atoms with E-state index >= 15 is 0 Å². The van der Waals surface area contributed by atoms with Crippen LogP contribution in [0.15, 0.2) is 59.7 Å². The van der Waals surface area contributed by atoms with Gasteiger partial charge in [0.05, 0.1) is 12.8 Å². The third-order valence-electron chi connectivity index (χ3n) is 4.80. The van der Waals surface area contributed by atoms with Crippen molar-refractivity contribution in [2.45, 2.75) is 6.04 Å². The number of hydrogen-bond donors (Lipinski definition) is 2. The molecule has 4 amide bonds. The number of barbiturate groups is 1. The zero-order chi connectivity index (χ0) is 19.9. The first-order valence-corrected chi connectivity index (χ1v) is 9.17. The van der Waals surface area contributed by atoms with Gasteiger partial charge in [0.2, 0.25) is 5.41 Å². The number of para-hydroxylation sites is 1. The molecule has 142 valence electrons. The van der Waals surface area contributed by atoms with Crippen LogP contribution in [0, 0.1) is 5.41 Å². The summed E-state index contributed by atoms with van der Waals surface area (Å²) in [5.41, 5.74) is -0.407. The van der Waals surface area contributed by atoms with Crippen molar-refractivity contribution in [3.05, 3.63) is 60.2 Å². The number of anilines is 1. The van der Waals surface area contributed by atoms with Gasteiger partial charge in [-0.15, -0.1) is 0 Å². The van der Waals surface area contributed by atoms with Crippen molar-refractivity contribution >= 4 is 44.1 Å². The van der Waals surface area contributed by atoms with Crippen molar-refractivity contribution in [3.8, 4) is 5.75 Å². The minimum Gasteiger partial charge on any atom is -0.497 e. The fraction of sp³-hybridized carbons (Fsp3) is 0.158. The Hall–Kier alpha value is -3.20. The summed E-state index contributed by atoms with van der Waals surface area (Å²) in [5, 5.41) is 10.5. The van der Waals surface area contributed by atoms with E-state index < -0.39 is 29.3 Å². The lowest BCUT2D eigenvalue weighted by Gasteiger charge is -2.37. The third-order valence-corrected chi connectivity index (χ3v) is 5.58. The summed E-state index contributed by atoms with van der Waals surface area (Å²) in [6.07, 6.45) is 0. The molecule has 0 aromatic heterocycles. The van der Waals surface area contributed by atoms with Gasteiger partial charge in [-0.2, -0.15) is 5.10 Å². The van der Waals surface area contributed by atoms with E-state index in [1.165, 1.54) is 0 Å². The Morgan fingerprint density at radius 1 is 1.00 bits per heavy atom. The molecule has 2 N–H and O–H groups in total. The standard InChI is InChI=1S/C19H15BrN4O4/c1-28-13-9-7-11(8-10-13)14-19(16(25)21-18(27)22-17(19)26)15(20)23-24(14)12-5-3-2-4-6-12/h2-10,14H,1H3,(H2,21,22,25,26,27). The predicted octanol–water partition coefficient (Wildman–Crippen LogP) is 2.32. The van der Waals surface area contributed by atoms with Gasteiger partial charge < -0.3 is 4.74 Å². The van der Waals surface area contributed by atoms with Crippen LogP contribution in [0.2, 0.25) is 0 Å². The second-order valence-corrected chi connectivity index (χ2v) is 7.04. The maximum Gasteiger partial charge on any atom is 0.328 e. The van der Waals surface area contributed by atoms with Crippen LogP contribution in [0.4, 0.5) is 10.5 Å². The number of rotatable bonds is 3. The molecule has 2 aromatic carbocycles. The van der Waals surface area contributed by atoms with E-state index in [-0.39, 0.29) is 4.62 Å². The summed E-state index contributed by atoms with van der Waals surface area (Å²) in [5.74, 6) is -0.845. The van der Waals surface area contributed by atoms with Crippen LogP contribution >= 0.6 is 15.9 Å². The molecular weight excluding hydrogens is 428 g/mol. The molecule has 1 spiro atoms. The van der Waals surface area contributed by atoms with Gasteiger partial charge in [-0.3, -0.25) is 25.2 Å². The SMILES string of the molecule is COc1ccc(C2N(c3ccccc3)N=C(Br)C23C(=O)NC(=O)NC3=O)cc1. The van der Waals surface area contributed by atoms with E-state index in [1.807, 2.05) is 30.3 Å². The van der Waals surface area contributed by atoms with Crippen molar-refractivity contribution in [1.29, 1.82) is 0 Å². The van der Waals surface area contributed by atoms with Crippen LogP contribution < -0.4 is 20.4 Å². The van der Waals surface area contributed by atoms with Gasteiger partial charge in [-0.1, -0.05) is 30.3 Å². The zero-order valence-electron chi connectivity index (χ0n) is 14.7. The van der Waals surface area contributed by atoms with Gasteiger partial charge in [0, 0.05) is 0 Å². The van der Waals surface area contributed by atoms with Gasteiger partial charge in [-0.05, 0) is 45.8 Å². The van der Waals surface area contributed by atoms with Crippen LogP contribution in [0.5, 0.6) is 5.75 Å². The Balaban J connectivity index is 1.91. The van der Waals surface area contributed by atoms with Crippen LogP contribution in [0.25, 0.3) is 0 Å². The molecule has 0 aliphatic carbocycles. The van der Waals surface area contributed by atoms with Crippen LogP contribution in [-0.4, -0.2) is 29.6 Å². The summed E-state index contributed by atoms with van der Waals surface area (Å²) in [4.78, 5) is 37.6. The maximum atomic E-state index is 13.0. The van der Waals surface area contributed by atoms with Crippen LogP contribution in [0.3, 0.4) is 0 Å². The van der Waals surface area contributed by atoms with E-state index in [0.717, 1.165) is 0 Å². The number of nitrogens with zero attached hydrogens (tertiary/aromatic N) is 2. The van der Waals surface area contributed by atoms with Crippen molar-refractivity contribution in [3.63, 3.8) is 0 Å². The fourth-order valence-electron chi connectivity index (χ4n) is 3.47. The highest BCUT2D eigenvalue weighted by molar-refractivity contribution is 9.18. The van der Waals surface area contributed by atoms with Gasteiger partial charge in [0.25, 0.3) is 11.8 Å². The number of urea groups is 1. The normalized spacial score (nSPS) is 20.6. The second kappa shape index (κ2) is 6.75. The largest absolute Gasteiger partial charge is 0.497 e. The number of ether oxygens (including phenoxy) is 1. The van der Waals surface area contributed by atoms with Gasteiger partial charge >= 0.3 is 6.03 Å². The number of amides is 4. The van der Waals surface area contributed by atoms with Gasteiger partial charge in [-0.25, -0.2) is 4.79 Å². The molecule has 2 aliphatic rings. The van der Waals surface area contributed by atoms with E-state index in [2.05, 4.69) is 31.7 Å². The van der Waals surface area contributed by atoms with Crippen LogP contribution in [-0.2, 0) is 9.59 Å². The van der Waals surface area contributed by atoms with Gasteiger partial charge in [0.1, 0.15) is 16.4 Å². The zero-order valence-corrected chi connectivity index (χ0v) is 16.3. The fourth-order valence-corrected chi connectivity index (χ4v) is 4.21. The van der Waals surface area contributed by atoms with Crippen molar-refractivity contribution in [2.75, 3.05) is 12.1 Å². The molecule has 0 saturated carbocycles. The minimum absolute atomic E-state index is 0.118. The lowest BCUT2D eigenvalue weighted by molar-refractivity contribution is -0.140. The molecule has 0 bridgehead atoms.